The van der Waals surface area contributed by atoms with Crippen molar-refractivity contribution in [1.82, 2.24) is 0 Å². The van der Waals surface area contributed by atoms with E-state index < -0.39 is 5.97 Å². The Morgan fingerprint density at radius 1 is 1.10 bits per heavy atom. The molecule has 2 aromatic rings. The lowest BCUT2D eigenvalue weighted by atomic mass is 10.0. The van der Waals surface area contributed by atoms with E-state index in [4.69, 9.17) is 5.11 Å². The molecular formula is C17H19NO2. The largest absolute Gasteiger partial charge is 0.481 e. The summed E-state index contributed by atoms with van der Waals surface area (Å²) in [6, 6.07) is 15.9. The summed E-state index contributed by atoms with van der Waals surface area (Å²) in [5.41, 5.74) is 4.24. The van der Waals surface area contributed by atoms with Crippen LogP contribution < -0.4 is 5.32 Å². The fourth-order valence-electron chi connectivity index (χ4n) is 2.16. The molecule has 0 aliphatic rings. The Morgan fingerprint density at radius 2 is 1.85 bits per heavy atom. The molecule has 3 heteroatoms. The quantitative estimate of drug-likeness (QED) is 0.844. The molecule has 0 fully saturated rings. The van der Waals surface area contributed by atoms with E-state index in [9.17, 15) is 4.79 Å². The number of carbonyl (C=O) groups is 1. The summed E-state index contributed by atoms with van der Waals surface area (Å²) in [7, 11) is 0. The maximum absolute atomic E-state index is 10.9. The van der Waals surface area contributed by atoms with Crippen LogP contribution in [0.25, 0.3) is 0 Å². The first-order valence-corrected chi connectivity index (χ1v) is 6.80. The molecule has 0 radical (unpaired) electrons. The average Bonchev–Trinajstić information content (AvgIpc) is 2.46. The highest BCUT2D eigenvalue weighted by atomic mass is 16.4. The molecule has 0 aliphatic carbocycles. The molecule has 0 bridgehead atoms. The van der Waals surface area contributed by atoms with Gasteiger partial charge in [0.1, 0.15) is 0 Å². The lowest BCUT2D eigenvalue weighted by Crippen LogP contribution is -2.07. The maximum atomic E-state index is 10.9. The lowest BCUT2D eigenvalue weighted by molar-refractivity contribution is -0.136. The molecular weight excluding hydrogens is 250 g/mol. The number of carboxylic acids is 1. The first-order valence-electron chi connectivity index (χ1n) is 6.80. The number of hydrogen-bond acceptors (Lipinski definition) is 2. The van der Waals surface area contributed by atoms with Crippen LogP contribution >= 0.6 is 0 Å². The molecule has 0 atom stereocenters. The number of benzene rings is 2. The number of nitrogens with one attached hydrogen (secondary N) is 1. The van der Waals surface area contributed by atoms with Crippen LogP contribution in [-0.2, 0) is 24.2 Å². The van der Waals surface area contributed by atoms with Crippen LogP contribution in [0.15, 0.2) is 48.5 Å². The Morgan fingerprint density at radius 3 is 2.55 bits per heavy atom. The van der Waals surface area contributed by atoms with Crippen molar-refractivity contribution in [2.45, 2.75) is 26.3 Å². The van der Waals surface area contributed by atoms with E-state index in [1.54, 1.807) is 0 Å². The average molecular weight is 269 g/mol. The Balaban J connectivity index is 2.08. The Bertz CT molecular complexity index is 593. The van der Waals surface area contributed by atoms with Gasteiger partial charge in [0, 0.05) is 12.2 Å². The van der Waals surface area contributed by atoms with Crippen molar-refractivity contribution in [2.75, 3.05) is 5.32 Å². The number of aryl methyl sites for hydroxylation is 1. The van der Waals surface area contributed by atoms with E-state index in [0.717, 1.165) is 23.2 Å². The molecule has 0 heterocycles. The van der Waals surface area contributed by atoms with Gasteiger partial charge in [-0.05, 0) is 35.2 Å². The molecule has 2 aromatic carbocycles. The highest BCUT2D eigenvalue weighted by Gasteiger charge is 2.06. The number of hydrogen-bond donors (Lipinski definition) is 2. The number of anilines is 1. The van der Waals surface area contributed by atoms with E-state index in [1.165, 1.54) is 5.56 Å². The predicted octanol–water partition coefficient (Wildman–Crippen LogP) is 3.49. The maximum Gasteiger partial charge on any atom is 0.307 e. The van der Waals surface area contributed by atoms with Crippen LogP contribution in [0.1, 0.15) is 23.6 Å². The van der Waals surface area contributed by atoms with Crippen molar-refractivity contribution >= 4 is 11.7 Å². The van der Waals surface area contributed by atoms with E-state index in [2.05, 4.69) is 24.4 Å². The molecule has 0 amide bonds. The zero-order chi connectivity index (χ0) is 14.4. The van der Waals surface area contributed by atoms with Gasteiger partial charge in [0.15, 0.2) is 0 Å². The number of rotatable bonds is 6. The molecule has 104 valence electrons. The van der Waals surface area contributed by atoms with E-state index in [1.807, 2.05) is 36.4 Å². The normalized spacial score (nSPS) is 10.2. The van der Waals surface area contributed by atoms with Crippen molar-refractivity contribution < 1.29 is 9.90 Å². The van der Waals surface area contributed by atoms with Crippen molar-refractivity contribution in [3.63, 3.8) is 0 Å². The first-order chi connectivity index (χ1) is 9.69. The molecule has 20 heavy (non-hydrogen) atoms. The molecule has 2 N–H and O–H groups in total. The van der Waals surface area contributed by atoms with Crippen molar-refractivity contribution in [1.29, 1.82) is 0 Å². The van der Waals surface area contributed by atoms with Crippen LogP contribution in [0.4, 0.5) is 5.69 Å². The topological polar surface area (TPSA) is 49.3 Å². The predicted molar refractivity (Wildman–Crippen MR) is 80.9 cm³/mol. The van der Waals surface area contributed by atoms with Crippen LogP contribution in [-0.4, -0.2) is 11.1 Å². The second kappa shape index (κ2) is 6.75. The summed E-state index contributed by atoms with van der Waals surface area (Å²) in [5, 5.41) is 12.3. The van der Waals surface area contributed by atoms with Gasteiger partial charge >= 0.3 is 5.97 Å². The van der Waals surface area contributed by atoms with Gasteiger partial charge in [-0.2, -0.15) is 0 Å². The van der Waals surface area contributed by atoms with Gasteiger partial charge < -0.3 is 10.4 Å². The highest BCUT2D eigenvalue weighted by Crippen LogP contribution is 2.15. The van der Waals surface area contributed by atoms with E-state index >= 15 is 0 Å². The SMILES string of the molecule is CCc1cccc(NCc2ccccc2CC(=O)O)c1. The molecule has 3 nitrogen and oxygen atoms in total. The molecule has 0 aromatic heterocycles. The van der Waals surface area contributed by atoms with Gasteiger partial charge in [-0.25, -0.2) is 0 Å². The smallest absolute Gasteiger partial charge is 0.307 e. The number of aliphatic carboxylic acids is 1. The Labute approximate surface area is 119 Å². The van der Waals surface area contributed by atoms with Crippen molar-refractivity contribution in [3.8, 4) is 0 Å². The van der Waals surface area contributed by atoms with E-state index in [0.29, 0.717) is 6.54 Å². The van der Waals surface area contributed by atoms with E-state index in [-0.39, 0.29) is 6.42 Å². The van der Waals surface area contributed by atoms with Crippen LogP contribution in [0, 0.1) is 0 Å². The fourth-order valence-corrected chi connectivity index (χ4v) is 2.16. The Kier molecular flexibility index (Phi) is 4.77. The summed E-state index contributed by atoms with van der Waals surface area (Å²) in [5.74, 6) is -0.801. The third-order valence-electron chi connectivity index (χ3n) is 3.28. The molecule has 0 saturated heterocycles. The van der Waals surface area contributed by atoms with Crippen molar-refractivity contribution in [3.05, 3.63) is 65.2 Å². The molecule has 0 saturated carbocycles. The van der Waals surface area contributed by atoms with Gasteiger partial charge in [-0.3, -0.25) is 4.79 Å². The zero-order valence-corrected chi connectivity index (χ0v) is 11.6. The summed E-state index contributed by atoms with van der Waals surface area (Å²) >= 11 is 0. The molecule has 0 aliphatic heterocycles. The van der Waals surface area contributed by atoms with Gasteiger partial charge in [0.25, 0.3) is 0 Å². The summed E-state index contributed by atoms with van der Waals surface area (Å²) < 4.78 is 0. The molecule has 0 spiro atoms. The minimum Gasteiger partial charge on any atom is -0.481 e. The zero-order valence-electron chi connectivity index (χ0n) is 11.6. The first kappa shape index (κ1) is 14.1. The summed E-state index contributed by atoms with van der Waals surface area (Å²) in [4.78, 5) is 10.9. The van der Waals surface area contributed by atoms with Crippen LogP contribution in [0.5, 0.6) is 0 Å². The minimum absolute atomic E-state index is 0.0624. The molecule has 0 unspecified atom stereocenters. The summed E-state index contributed by atoms with van der Waals surface area (Å²) in [6.45, 7) is 2.76. The standard InChI is InChI=1S/C17H19NO2/c1-2-13-6-5-9-16(10-13)18-12-15-8-4-3-7-14(15)11-17(19)20/h3-10,18H,2,11-12H2,1H3,(H,19,20). The van der Waals surface area contributed by atoms with Crippen LogP contribution in [0.3, 0.4) is 0 Å². The van der Waals surface area contributed by atoms with Gasteiger partial charge in [-0.1, -0.05) is 43.3 Å². The third kappa shape index (κ3) is 3.85. The van der Waals surface area contributed by atoms with Gasteiger partial charge in [0.2, 0.25) is 0 Å². The monoisotopic (exact) mass is 269 g/mol. The van der Waals surface area contributed by atoms with Gasteiger partial charge in [0.05, 0.1) is 6.42 Å². The second-order valence-electron chi connectivity index (χ2n) is 4.75. The Hall–Kier alpha value is -2.29. The lowest BCUT2D eigenvalue weighted by Gasteiger charge is -2.11. The minimum atomic E-state index is -0.801. The van der Waals surface area contributed by atoms with Crippen LogP contribution in [0.2, 0.25) is 0 Å². The summed E-state index contributed by atoms with van der Waals surface area (Å²) in [6.07, 6.45) is 1.07. The van der Waals surface area contributed by atoms with Crippen molar-refractivity contribution in [2.24, 2.45) is 0 Å². The second-order valence-corrected chi connectivity index (χ2v) is 4.75. The highest BCUT2D eigenvalue weighted by molar-refractivity contribution is 5.70. The molecule has 2 rings (SSSR count). The third-order valence-corrected chi connectivity index (χ3v) is 3.28. The van der Waals surface area contributed by atoms with Gasteiger partial charge in [-0.15, -0.1) is 0 Å². The number of carboxylic acid groups (broad SMARTS) is 1. The fraction of sp³-hybridized carbons (Fsp3) is 0.235.